The predicted molar refractivity (Wildman–Crippen MR) is 69.0 cm³/mol. The molecule has 1 aromatic carbocycles. The Hall–Kier alpha value is -2.63. The molecule has 0 aliphatic heterocycles. The third kappa shape index (κ3) is 3.19. The number of aliphatic carboxylic acids is 1. The van der Waals surface area contributed by atoms with Gasteiger partial charge in [-0.1, -0.05) is 12.1 Å². The minimum absolute atomic E-state index is 0.212. The van der Waals surface area contributed by atoms with Crippen LogP contribution in [0.15, 0.2) is 36.5 Å². The number of aryl methyl sites for hydroxylation is 1. The summed E-state index contributed by atoms with van der Waals surface area (Å²) in [4.78, 5) is 22.7. The number of anilines is 1. The van der Waals surface area contributed by atoms with Gasteiger partial charge in [0.2, 0.25) is 0 Å². The van der Waals surface area contributed by atoms with Gasteiger partial charge in [0, 0.05) is 11.9 Å². The molecule has 0 unspecified atom stereocenters. The predicted octanol–water partition coefficient (Wildman–Crippen LogP) is 1.53. The van der Waals surface area contributed by atoms with Crippen molar-refractivity contribution in [1.82, 2.24) is 9.78 Å². The summed E-state index contributed by atoms with van der Waals surface area (Å²) in [6.45, 7) is 1.58. The molecular weight excluding hydrogens is 246 g/mol. The Morgan fingerprint density at radius 3 is 2.84 bits per heavy atom. The molecule has 19 heavy (non-hydrogen) atoms. The van der Waals surface area contributed by atoms with Crippen LogP contribution in [0.1, 0.15) is 16.1 Å². The van der Waals surface area contributed by atoms with Crippen LogP contribution in [-0.2, 0) is 11.3 Å². The van der Waals surface area contributed by atoms with Crippen LogP contribution in [0.2, 0.25) is 0 Å². The molecule has 2 rings (SSSR count). The molecule has 6 nitrogen and oxygen atoms in total. The summed E-state index contributed by atoms with van der Waals surface area (Å²) in [5, 5.41) is 15.2. The SMILES string of the molecule is Cc1cccc(NC(=O)c2ccnn2CC(=O)O)c1. The fraction of sp³-hybridized carbons (Fsp3) is 0.154. The van der Waals surface area contributed by atoms with Crippen LogP contribution < -0.4 is 5.32 Å². The molecule has 0 aliphatic rings. The highest BCUT2D eigenvalue weighted by Gasteiger charge is 2.14. The number of hydrogen-bond acceptors (Lipinski definition) is 3. The van der Waals surface area contributed by atoms with Crippen LogP contribution in [-0.4, -0.2) is 26.8 Å². The second kappa shape index (κ2) is 5.34. The number of carboxylic acids is 1. The van der Waals surface area contributed by atoms with Crippen molar-refractivity contribution in [2.45, 2.75) is 13.5 Å². The minimum Gasteiger partial charge on any atom is -0.480 e. The van der Waals surface area contributed by atoms with Crippen molar-refractivity contribution in [2.75, 3.05) is 5.32 Å². The summed E-state index contributed by atoms with van der Waals surface area (Å²) in [7, 11) is 0. The van der Waals surface area contributed by atoms with E-state index >= 15 is 0 Å². The summed E-state index contributed by atoms with van der Waals surface area (Å²) in [5.74, 6) is -1.43. The van der Waals surface area contributed by atoms with Gasteiger partial charge in [-0.2, -0.15) is 5.10 Å². The van der Waals surface area contributed by atoms with E-state index in [-0.39, 0.29) is 18.1 Å². The second-order valence-electron chi connectivity index (χ2n) is 4.09. The third-order valence-corrected chi connectivity index (χ3v) is 2.51. The number of benzene rings is 1. The van der Waals surface area contributed by atoms with Gasteiger partial charge in [0.15, 0.2) is 0 Å². The van der Waals surface area contributed by atoms with Gasteiger partial charge in [-0.05, 0) is 30.7 Å². The first kappa shape index (κ1) is 12.8. The fourth-order valence-corrected chi connectivity index (χ4v) is 1.70. The van der Waals surface area contributed by atoms with Crippen molar-refractivity contribution in [3.63, 3.8) is 0 Å². The van der Waals surface area contributed by atoms with Crippen molar-refractivity contribution in [2.24, 2.45) is 0 Å². The molecule has 1 amide bonds. The van der Waals surface area contributed by atoms with Crippen molar-refractivity contribution < 1.29 is 14.7 Å². The van der Waals surface area contributed by atoms with E-state index in [2.05, 4.69) is 10.4 Å². The van der Waals surface area contributed by atoms with E-state index in [1.807, 2.05) is 25.1 Å². The number of aromatic nitrogens is 2. The molecule has 0 aliphatic carbocycles. The lowest BCUT2D eigenvalue weighted by atomic mass is 10.2. The number of carbonyl (C=O) groups excluding carboxylic acids is 1. The van der Waals surface area contributed by atoms with E-state index < -0.39 is 5.97 Å². The van der Waals surface area contributed by atoms with Gasteiger partial charge in [0.05, 0.1) is 0 Å². The molecule has 0 bridgehead atoms. The van der Waals surface area contributed by atoms with Gasteiger partial charge in [0.25, 0.3) is 5.91 Å². The summed E-state index contributed by atoms with van der Waals surface area (Å²) in [6.07, 6.45) is 1.40. The lowest BCUT2D eigenvalue weighted by molar-refractivity contribution is -0.137. The number of carboxylic acid groups (broad SMARTS) is 1. The number of amides is 1. The van der Waals surface area contributed by atoms with Gasteiger partial charge in [0.1, 0.15) is 12.2 Å². The lowest BCUT2D eigenvalue weighted by Gasteiger charge is -2.07. The van der Waals surface area contributed by atoms with E-state index in [1.165, 1.54) is 12.3 Å². The minimum atomic E-state index is -1.05. The zero-order valence-corrected chi connectivity index (χ0v) is 10.3. The Kier molecular flexibility index (Phi) is 3.61. The maximum Gasteiger partial charge on any atom is 0.325 e. The monoisotopic (exact) mass is 259 g/mol. The molecule has 1 aromatic heterocycles. The summed E-state index contributed by atoms with van der Waals surface area (Å²) in [5.41, 5.74) is 1.90. The number of hydrogen-bond donors (Lipinski definition) is 2. The molecule has 0 saturated carbocycles. The smallest absolute Gasteiger partial charge is 0.325 e. The van der Waals surface area contributed by atoms with Gasteiger partial charge in [-0.25, -0.2) is 4.68 Å². The van der Waals surface area contributed by atoms with Crippen LogP contribution in [0.5, 0.6) is 0 Å². The molecule has 0 saturated heterocycles. The topological polar surface area (TPSA) is 84.2 Å². The van der Waals surface area contributed by atoms with Crippen molar-refractivity contribution in [1.29, 1.82) is 0 Å². The highest BCUT2D eigenvalue weighted by molar-refractivity contribution is 6.03. The zero-order valence-electron chi connectivity index (χ0n) is 10.3. The van der Waals surface area contributed by atoms with Crippen molar-refractivity contribution in [3.05, 3.63) is 47.8 Å². The Bertz CT molecular complexity index is 619. The number of nitrogens with zero attached hydrogens (tertiary/aromatic N) is 2. The average Bonchev–Trinajstić information content (AvgIpc) is 2.76. The zero-order chi connectivity index (χ0) is 13.8. The van der Waals surface area contributed by atoms with Gasteiger partial charge in [-0.15, -0.1) is 0 Å². The van der Waals surface area contributed by atoms with Crippen LogP contribution >= 0.6 is 0 Å². The summed E-state index contributed by atoms with van der Waals surface area (Å²) >= 11 is 0. The summed E-state index contributed by atoms with van der Waals surface area (Å²) in [6, 6.07) is 8.83. The molecule has 0 fully saturated rings. The first-order chi connectivity index (χ1) is 9.06. The second-order valence-corrected chi connectivity index (χ2v) is 4.09. The van der Waals surface area contributed by atoms with E-state index in [0.29, 0.717) is 5.69 Å². The Morgan fingerprint density at radius 1 is 1.37 bits per heavy atom. The molecule has 98 valence electrons. The third-order valence-electron chi connectivity index (χ3n) is 2.51. The molecule has 0 atom stereocenters. The normalized spacial score (nSPS) is 10.2. The number of rotatable bonds is 4. The van der Waals surface area contributed by atoms with Crippen molar-refractivity contribution in [3.8, 4) is 0 Å². The molecule has 0 radical (unpaired) electrons. The largest absolute Gasteiger partial charge is 0.480 e. The Balaban J connectivity index is 2.16. The van der Waals surface area contributed by atoms with E-state index in [9.17, 15) is 9.59 Å². The first-order valence-electron chi connectivity index (χ1n) is 5.68. The van der Waals surface area contributed by atoms with E-state index in [4.69, 9.17) is 5.11 Å². The van der Waals surface area contributed by atoms with Crippen LogP contribution in [0, 0.1) is 6.92 Å². The van der Waals surface area contributed by atoms with Gasteiger partial charge >= 0.3 is 5.97 Å². The van der Waals surface area contributed by atoms with Gasteiger partial charge in [-0.3, -0.25) is 9.59 Å². The van der Waals surface area contributed by atoms with E-state index in [1.54, 1.807) is 6.07 Å². The summed E-state index contributed by atoms with van der Waals surface area (Å²) < 4.78 is 1.15. The first-order valence-corrected chi connectivity index (χ1v) is 5.68. The highest BCUT2D eigenvalue weighted by Crippen LogP contribution is 2.11. The van der Waals surface area contributed by atoms with E-state index in [0.717, 1.165) is 10.2 Å². The van der Waals surface area contributed by atoms with Crippen LogP contribution in [0.25, 0.3) is 0 Å². The van der Waals surface area contributed by atoms with Crippen LogP contribution in [0.4, 0.5) is 5.69 Å². The molecule has 6 heteroatoms. The van der Waals surface area contributed by atoms with Crippen LogP contribution in [0.3, 0.4) is 0 Å². The molecule has 1 heterocycles. The Labute approximate surface area is 109 Å². The molecule has 2 aromatic rings. The number of carbonyl (C=O) groups is 2. The molecular formula is C13H13N3O3. The fourth-order valence-electron chi connectivity index (χ4n) is 1.70. The average molecular weight is 259 g/mol. The standard InChI is InChI=1S/C13H13N3O3/c1-9-3-2-4-10(7-9)15-13(19)11-5-6-14-16(11)8-12(17)18/h2-7H,8H2,1H3,(H,15,19)(H,17,18). The maximum atomic E-state index is 12.0. The quantitative estimate of drug-likeness (QED) is 0.872. The molecule has 0 spiro atoms. The lowest BCUT2D eigenvalue weighted by Crippen LogP contribution is -2.20. The maximum absolute atomic E-state index is 12.0. The van der Waals surface area contributed by atoms with Crippen molar-refractivity contribution >= 4 is 17.6 Å². The Morgan fingerprint density at radius 2 is 2.16 bits per heavy atom. The molecule has 2 N–H and O–H groups in total. The highest BCUT2D eigenvalue weighted by atomic mass is 16.4. The number of nitrogens with one attached hydrogen (secondary N) is 1. The van der Waals surface area contributed by atoms with Gasteiger partial charge < -0.3 is 10.4 Å².